The first-order valence-corrected chi connectivity index (χ1v) is 11.0. The standard InChI is InChI=1S/C24H27NO3S2/c1-24(2,3)18-9-6-16(7-10-18)15-21-22(26)25(23(29)30-21)13-12-17-8-11-19(27-4)20(14-17)28-5/h6-11,14-15H,12-13H2,1-5H3. The Hall–Kier alpha value is -2.31. The lowest BCUT2D eigenvalue weighted by Gasteiger charge is -2.18. The normalized spacial score (nSPS) is 15.8. The molecule has 1 heterocycles. The van der Waals surface area contributed by atoms with E-state index in [0.717, 1.165) is 11.1 Å². The van der Waals surface area contributed by atoms with Crippen molar-refractivity contribution in [2.45, 2.75) is 32.6 Å². The fourth-order valence-electron chi connectivity index (χ4n) is 3.20. The average molecular weight is 442 g/mol. The van der Waals surface area contributed by atoms with Crippen molar-refractivity contribution >= 4 is 40.3 Å². The Morgan fingerprint density at radius 3 is 2.30 bits per heavy atom. The van der Waals surface area contributed by atoms with Gasteiger partial charge < -0.3 is 9.47 Å². The van der Waals surface area contributed by atoms with Crippen LogP contribution in [-0.2, 0) is 16.6 Å². The van der Waals surface area contributed by atoms with Crippen LogP contribution in [0.15, 0.2) is 47.4 Å². The molecule has 6 heteroatoms. The van der Waals surface area contributed by atoms with Crippen LogP contribution < -0.4 is 9.47 Å². The van der Waals surface area contributed by atoms with Gasteiger partial charge >= 0.3 is 0 Å². The molecule has 2 aromatic rings. The van der Waals surface area contributed by atoms with E-state index in [9.17, 15) is 4.79 Å². The number of benzene rings is 2. The maximum Gasteiger partial charge on any atom is 0.266 e. The summed E-state index contributed by atoms with van der Waals surface area (Å²) in [5.74, 6) is 1.33. The van der Waals surface area contributed by atoms with E-state index in [4.69, 9.17) is 21.7 Å². The van der Waals surface area contributed by atoms with Crippen molar-refractivity contribution in [1.82, 2.24) is 4.90 Å². The van der Waals surface area contributed by atoms with Crippen LogP contribution in [0.2, 0.25) is 0 Å². The van der Waals surface area contributed by atoms with E-state index in [1.807, 2.05) is 24.3 Å². The van der Waals surface area contributed by atoms with Crippen LogP contribution in [0, 0.1) is 0 Å². The minimum Gasteiger partial charge on any atom is -0.493 e. The van der Waals surface area contributed by atoms with Crippen molar-refractivity contribution in [3.63, 3.8) is 0 Å². The van der Waals surface area contributed by atoms with E-state index < -0.39 is 0 Å². The number of nitrogens with zero attached hydrogens (tertiary/aromatic N) is 1. The Morgan fingerprint density at radius 1 is 1.03 bits per heavy atom. The van der Waals surface area contributed by atoms with Crippen molar-refractivity contribution in [3.05, 3.63) is 64.1 Å². The molecule has 0 bridgehead atoms. The second-order valence-electron chi connectivity index (χ2n) is 8.14. The Labute approximate surface area is 188 Å². The van der Waals surface area contributed by atoms with Gasteiger partial charge in [0.1, 0.15) is 4.32 Å². The SMILES string of the molecule is COc1ccc(CCN2C(=O)C(=Cc3ccc(C(C)(C)C)cc3)SC2=S)cc1OC. The molecule has 4 nitrogen and oxygen atoms in total. The number of carbonyl (C=O) groups is 1. The number of thiocarbonyl (C=S) groups is 1. The molecule has 1 fully saturated rings. The Kier molecular flexibility index (Phi) is 6.88. The number of carbonyl (C=O) groups excluding carboxylic acids is 1. The van der Waals surface area contributed by atoms with Gasteiger partial charge in [-0.3, -0.25) is 9.69 Å². The monoisotopic (exact) mass is 441 g/mol. The lowest BCUT2D eigenvalue weighted by molar-refractivity contribution is -0.122. The van der Waals surface area contributed by atoms with E-state index in [1.165, 1.54) is 17.3 Å². The summed E-state index contributed by atoms with van der Waals surface area (Å²) in [5.41, 5.74) is 3.43. The van der Waals surface area contributed by atoms with E-state index in [0.29, 0.717) is 33.7 Å². The second-order valence-corrected chi connectivity index (χ2v) is 9.82. The van der Waals surface area contributed by atoms with Gasteiger partial charge in [-0.1, -0.05) is 75.1 Å². The molecule has 0 unspecified atom stereocenters. The molecule has 1 amide bonds. The fourth-order valence-corrected chi connectivity index (χ4v) is 4.51. The molecule has 1 saturated heterocycles. The average Bonchev–Trinajstić information content (AvgIpc) is 2.98. The maximum absolute atomic E-state index is 12.9. The topological polar surface area (TPSA) is 38.8 Å². The Morgan fingerprint density at radius 2 is 1.70 bits per heavy atom. The van der Waals surface area contributed by atoms with E-state index in [2.05, 4.69) is 45.0 Å². The molecule has 158 valence electrons. The third-order valence-corrected chi connectivity index (χ3v) is 6.40. The predicted molar refractivity (Wildman–Crippen MR) is 128 cm³/mol. The van der Waals surface area contributed by atoms with Crippen molar-refractivity contribution < 1.29 is 14.3 Å². The number of methoxy groups -OCH3 is 2. The van der Waals surface area contributed by atoms with Gasteiger partial charge in [0, 0.05) is 6.54 Å². The number of hydrogen-bond acceptors (Lipinski definition) is 5. The van der Waals surface area contributed by atoms with Gasteiger partial charge in [-0.2, -0.15) is 0 Å². The minimum absolute atomic E-state index is 0.0367. The van der Waals surface area contributed by atoms with Gasteiger partial charge in [-0.05, 0) is 46.7 Å². The van der Waals surface area contributed by atoms with Gasteiger partial charge in [-0.15, -0.1) is 0 Å². The summed E-state index contributed by atoms with van der Waals surface area (Å²) >= 11 is 6.83. The van der Waals surface area contributed by atoms with Crippen molar-refractivity contribution in [3.8, 4) is 11.5 Å². The molecule has 0 N–H and O–H groups in total. The first kappa shape index (κ1) is 22.4. The third kappa shape index (κ3) is 5.05. The lowest BCUT2D eigenvalue weighted by atomic mass is 9.87. The zero-order valence-corrected chi connectivity index (χ0v) is 19.7. The molecule has 0 atom stereocenters. The summed E-state index contributed by atoms with van der Waals surface area (Å²) in [7, 11) is 3.23. The van der Waals surface area contributed by atoms with Crippen LogP contribution in [0.1, 0.15) is 37.5 Å². The first-order valence-electron chi connectivity index (χ1n) is 9.79. The molecule has 0 saturated carbocycles. The maximum atomic E-state index is 12.9. The zero-order chi connectivity index (χ0) is 21.9. The lowest BCUT2D eigenvalue weighted by Crippen LogP contribution is -2.30. The Bertz CT molecular complexity index is 975. The number of hydrogen-bond donors (Lipinski definition) is 0. The van der Waals surface area contributed by atoms with Gasteiger partial charge in [-0.25, -0.2) is 0 Å². The molecule has 3 rings (SSSR count). The molecule has 1 aliphatic rings. The smallest absolute Gasteiger partial charge is 0.266 e. The molecule has 30 heavy (non-hydrogen) atoms. The first-order chi connectivity index (χ1) is 14.2. The molecule has 0 aromatic heterocycles. The number of thioether (sulfide) groups is 1. The van der Waals surface area contributed by atoms with Crippen LogP contribution in [0.3, 0.4) is 0 Å². The van der Waals surface area contributed by atoms with Crippen molar-refractivity contribution in [2.75, 3.05) is 20.8 Å². The molecule has 0 radical (unpaired) electrons. The molecule has 0 spiro atoms. The Balaban J connectivity index is 1.69. The molecule has 0 aliphatic carbocycles. The quantitative estimate of drug-likeness (QED) is 0.441. The largest absolute Gasteiger partial charge is 0.493 e. The van der Waals surface area contributed by atoms with Crippen LogP contribution in [0.25, 0.3) is 6.08 Å². The zero-order valence-electron chi connectivity index (χ0n) is 18.0. The van der Waals surface area contributed by atoms with E-state index >= 15 is 0 Å². The number of amides is 1. The van der Waals surface area contributed by atoms with Crippen molar-refractivity contribution in [2.24, 2.45) is 0 Å². The van der Waals surface area contributed by atoms with E-state index in [-0.39, 0.29) is 11.3 Å². The van der Waals surface area contributed by atoms with Crippen LogP contribution >= 0.6 is 24.0 Å². The highest BCUT2D eigenvalue weighted by atomic mass is 32.2. The van der Waals surface area contributed by atoms with Gasteiger partial charge in [0.2, 0.25) is 0 Å². The predicted octanol–water partition coefficient (Wildman–Crippen LogP) is 5.45. The minimum atomic E-state index is -0.0367. The molecule has 2 aromatic carbocycles. The summed E-state index contributed by atoms with van der Waals surface area (Å²) in [6.45, 7) is 7.09. The van der Waals surface area contributed by atoms with Gasteiger partial charge in [0.25, 0.3) is 5.91 Å². The van der Waals surface area contributed by atoms with Crippen molar-refractivity contribution in [1.29, 1.82) is 0 Å². The van der Waals surface area contributed by atoms with Crippen LogP contribution in [-0.4, -0.2) is 35.9 Å². The highest BCUT2D eigenvalue weighted by Gasteiger charge is 2.31. The van der Waals surface area contributed by atoms with Gasteiger partial charge in [0.05, 0.1) is 19.1 Å². The highest BCUT2D eigenvalue weighted by molar-refractivity contribution is 8.26. The fraction of sp³-hybridized carbons (Fsp3) is 0.333. The van der Waals surface area contributed by atoms with E-state index in [1.54, 1.807) is 19.1 Å². The third-order valence-electron chi connectivity index (χ3n) is 5.02. The molecular weight excluding hydrogens is 414 g/mol. The summed E-state index contributed by atoms with van der Waals surface area (Å²) in [6.07, 6.45) is 2.60. The molecule has 1 aliphatic heterocycles. The summed E-state index contributed by atoms with van der Waals surface area (Å²) < 4.78 is 11.2. The van der Waals surface area contributed by atoms with Crippen LogP contribution in [0.4, 0.5) is 0 Å². The summed E-state index contributed by atoms with van der Waals surface area (Å²) in [4.78, 5) is 15.2. The number of rotatable bonds is 6. The highest BCUT2D eigenvalue weighted by Crippen LogP contribution is 2.34. The van der Waals surface area contributed by atoms with Gasteiger partial charge in [0.15, 0.2) is 11.5 Å². The molecular formula is C24H27NO3S2. The second kappa shape index (κ2) is 9.23. The van der Waals surface area contributed by atoms with Crippen LogP contribution in [0.5, 0.6) is 11.5 Å². The summed E-state index contributed by atoms with van der Waals surface area (Å²) in [5, 5.41) is 0. The number of ether oxygens (including phenoxy) is 2. The summed E-state index contributed by atoms with van der Waals surface area (Å²) in [6, 6.07) is 14.1.